The van der Waals surface area contributed by atoms with Crippen molar-refractivity contribution >= 4 is 0 Å². The predicted molar refractivity (Wildman–Crippen MR) is 88.7 cm³/mol. The molecule has 0 aliphatic carbocycles. The minimum Gasteiger partial charge on any atom is -0.320 e. The van der Waals surface area contributed by atoms with Crippen LogP contribution in [-0.2, 0) is 5.54 Å². The maximum absolute atomic E-state index is 6.90. The van der Waals surface area contributed by atoms with E-state index in [9.17, 15) is 0 Å². The lowest BCUT2D eigenvalue weighted by molar-refractivity contribution is 0.120. The molecule has 0 aromatic heterocycles. The second kappa shape index (κ2) is 8.23. The SMILES string of the molecule is C=CCC(N)(c1ccccc1)C(CCC)N(CC)CC. The van der Waals surface area contributed by atoms with Crippen molar-refractivity contribution in [1.82, 2.24) is 4.90 Å². The highest BCUT2D eigenvalue weighted by atomic mass is 15.2. The Hall–Kier alpha value is -1.12. The molecule has 20 heavy (non-hydrogen) atoms. The Labute approximate surface area is 124 Å². The first-order valence-corrected chi connectivity index (χ1v) is 7.83. The number of hydrogen-bond acceptors (Lipinski definition) is 2. The van der Waals surface area contributed by atoms with Crippen LogP contribution in [0.25, 0.3) is 0 Å². The molecule has 2 unspecified atom stereocenters. The normalized spacial score (nSPS) is 15.8. The fourth-order valence-electron chi connectivity index (χ4n) is 3.14. The number of rotatable bonds is 9. The zero-order valence-corrected chi connectivity index (χ0v) is 13.3. The van der Waals surface area contributed by atoms with Gasteiger partial charge in [-0.05, 0) is 31.5 Å². The minimum atomic E-state index is -0.356. The quantitative estimate of drug-likeness (QED) is 0.691. The standard InChI is InChI=1S/C18H30N2/c1-5-12-17(20(7-3)8-4)18(19,15-6-2)16-13-10-9-11-14-16/h6,9-11,13-14,17H,2,5,7-8,12,15,19H2,1,3-4H3. The van der Waals surface area contributed by atoms with Crippen LogP contribution in [0.1, 0.15) is 45.6 Å². The van der Waals surface area contributed by atoms with Gasteiger partial charge >= 0.3 is 0 Å². The molecule has 0 aliphatic heterocycles. The maximum Gasteiger partial charge on any atom is 0.0602 e. The monoisotopic (exact) mass is 274 g/mol. The van der Waals surface area contributed by atoms with E-state index in [1.54, 1.807) is 0 Å². The van der Waals surface area contributed by atoms with Crippen molar-refractivity contribution in [1.29, 1.82) is 0 Å². The number of nitrogens with two attached hydrogens (primary N) is 1. The summed E-state index contributed by atoms with van der Waals surface area (Å²) in [6.45, 7) is 12.6. The molecule has 1 rings (SSSR count). The Balaban J connectivity index is 3.21. The van der Waals surface area contributed by atoms with E-state index in [4.69, 9.17) is 5.73 Å². The fraction of sp³-hybridized carbons (Fsp3) is 0.556. The second-order valence-corrected chi connectivity index (χ2v) is 5.42. The molecule has 0 bridgehead atoms. The molecule has 112 valence electrons. The van der Waals surface area contributed by atoms with Gasteiger partial charge in [-0.3, -0.25) is 4.90 Å². The fourth-order valence-corrected chi connectivity index (χ4v) is 3.14. The summed E-state index contributed by atoms with van der Waals surface area (Å²) in [5, 5.41) is 0. The third-order valence-corrected chi connectivity index (χ3v) is 4.20. The summed E-state index contributed by atoms with van der Waals surface area (Å²) in [7, 11) is 0. The van der Waals surface area contributed by atoms with Crippen molar-refractivity contribution in [3.05, 3.63) is 48.6 Å². The Morgan fingerprint density at radius 1 is 1.20 bits per heavy atom. The minimum absolute atomic E-state index is 0.350. The Kier molecular flexibility index (Phi) is 6.97. The molecule has 1 aromatic carbocycles. The van der Waals surface area contributed by atoms with Gasteiger partial charge in [0.25, 0.3) is 0 Å². The van der Waals surface area contributed by atoms with Gasteiger partial charge in [0, 0.05) is 6.04 Å². The van der Waals surface area contributed by atoms with Crippen molar-refractivity contribution in [3.63, 3.8) is 0 Å². The van der Waals surface area contributed by atoms with E-state index in [2.05, 4.69) is 56.5 Å². The largest absolute Gasteiger partial charge is 0.320 e. The van der Waals surface area contributed by atoms with E-state index >= 15 is 0 Å². The summed E-state index contributed by atoms with van der Waals surface area (Å²) in [5.41, 5.74) is 7.76. The van der Waals surface area contributed by atoms with Crippen LogP contribution in [0.15, 0.2) is 43.0 Å². The summed E-state index contributed by atoms with van der Waals surface area (Å²) in [4.78, 5) is 2.49. The van der Waals surface area contributed by atoms with Crippen LogP contribution < -0.4 is 5.73 Å². The molecule has 0 amide bonds. The average molecular weight is 274 g/mol. The average Bonchev–Trinajstić information content (AvgIpc) is 2.48. The summed E-state index contributed by atoms with van der Waals surface area (Å²) < 4.78 is 0. The Bertz CT molecular complexity index is 384. The van der Waals surface area contributed by atoms with E-state index in [0.717, 1.165) is 32.4 Å². The Morgan fingerprint density at radius 3 is 2.25 bits per heavy atom. The van der Waals surface area contributed by atoms with Gasteiger partial charge in [0.2, 0.25) is 0 Å². The van der Waals surface area contributed by atoms with Crippen LogP contribution in [0.4, 0.5) is 0 Å². The zero-order valence-electron chi connectivity index (χ0n) is 13.3. The molecule has 0 radical (unpaired) electrons. The van der Waals surface area contributed by atoms with E-state index < -0.39 is 0 Å². The van der Waals surface area contributed by atoms with Gasteiger partial charge in [0.15, 0.2) is 0 Å². The van der Waals surface area contributed by atoms with Gasteiger partial charge in [-0.2, -0.15) is 0 Å². The van der Waals surface area contributed by atoms with Gasteiger partial charge in [-0.1, -0.05) is 63.6 Å². The molecule has 0 saturated carbocycles. The summed E-state index contributed by atoms with van der Waals surface area (Å²) in [6, 6.07) is 10.8. The molecule has 0 spiro atoms. The van der Waals surface area contributed by atoms with E-state index in [-0.39, 0.29) is 5.54 Å². The number of likely N-dealkylation sites (N-methyl/N-ethyl adjacent to an activating group) is 1. The molecule has 0 saturated heterocycles. The molecular weight excluding hydrogens is 244 g/mol. The number of hydrogen-bond donors (Lipinski definition) is 1. The third-order valence-electron chi connectivity index (χ3n) is 4.20. The lowest BCUT2D eigenvalue weighted by Crippen LogP contribution is -2.56. The molecule has 0 fully saturated rings. The van der Waals surface area contributed by atoms with Gasteiger partial charge in [0.1, 0.15) is 0 Å². The van der Waals surface area contributed by atoms with E-state index in [1.807, 2.05) is 12.1 Å². The van der Waals surface area contributed by atoms with Crippen molar-refractivity contribution in [2.75, 3.05) is 13.1 Å². The van der Waals surface area contributed by atoms with Crippen molar-refractivity contribution in [3.8, 4) is 0 Å². The first-order valence-electron chi connectivity index (χ1n) is 7.83. The van der Waals surface area contributed by atoms with Crippen LogP contribution >= 0.6 is 0 Å². The molecule has 0 aliphatic rings. The summed E-state index contributed by atoms with van der Waals surface area (Å²) >= 11 is 0. The molecule has 0 heterocycles. The molecular formula is C18H30N2. The highest BCUT2D eigenvalue weighted by molar-refractivity contribution is 5.27. The first kappa shape index (κ1) is 16.9. The summed E-state index contributed by atoms with van der Waals surface area (Å²) in [5.74, 6) is 0. The van der Waals surface area contributed by atoms with Gasteiger partial charge in [0.05, 0.1) is 5.54 Å². The third kappa shape index (κ3) is 3.71. The van der Waals surface area contributed by atoms with Gasteiger partial charge in [-0.15, -0.1) is 6.58 Å². The van der Waals surface area contributed by atoms with Gasteiger partial charge in [-0.25, -0.2) is 0 Å². The number of nitrogens with zero attached hydrogens (tertiary/aromatic N) is 1. The van der Waals surface area contributed by atoms with Crippen LogP contribution in [0.5, 0.6) is 0 Å². The maximum atomic E-state index is 6.90. The molecule has 2 N–H and O–H groups in total. The topological polar surface area (TPSA) is 29.3 Å². The lowest BCUT2D eigenvalue weighted by Gasteiger charge is -2.43. The highest BCUT2D eigenvalue weighted by Crippen LogP contribution is 2.32. The first-order chi connectivity index (χ1) is 9.63. The van der Waals surface area contributed by atoms with Crippen molar-refractivity contribution in [2.24, 2.45) is 5.73 Å². The molecule has 2 atom stereocenters. The lowest BCUT2D eigenvalue weighted by atomic mass is 9.78. The highest BCUT2D eigenvalue weighted by Gasteiger charge is 2.37. The second-order valence-electron chi connectivity index (χ2n) is 5.42. The predicted octanol–water partition coefficient (Wildman–Crippen LogP) is 3.93. The van der Waals surface area contributed by atoms with Crippen LogP contribution in [0, 0.1) is 0 Å². The van der Waals surface area contributed by atoms with Crippen LogP contribution in [-0.4, -0.2) is 24.0 Å². The smallest absolute Gasteiger partial charge is 0.0602 e. The Morgan fingerprint density at radius 2 is 1.80 bits per heavy atom. The summed E-state index contributed by atoms with van der Waals surface area (Å²) in [6.07, 6.45) is 5.02. The van der Waals surface area contributed by atoms with Crippen LogP contribution in [0.2, 0.25) is 0 Å². The van der Waals surface area contributed by atoms with Gasteiger partial charge < -0.3 is 5.73 Å². The molecule has 1 aromatic rings. The van der Waals surface area contributed by atoms with E-state index in [0.29, 0.717) is 6.04 Å². The molecule has 2 nitrogen and oxygen atoms in total. The molecule has 2 heteroatoms. The van der Waals surface area contributed by atoms with Crippen LogP contribution in [0.3, 0.4) is 0 Å². The number of benzene rings is 1. The van der Waals surface area contributed by atoms with Crippen molar-refractivity contribution in [2.45, 2.75) is 51.6 Å². The van der Waals surface area contributed by atoms with Crippen molar-refractivity contribution < 1.29 is 0 Å². The zero-order chi connectivity index (χ0) is 15.0. The van der Waals surface area contributed by atoms with E-state index in [1.165, 1.54) is 5.56 Å².